The molecule has 35 heavy (non-hydrogen) atoms. The number of morpholine rings is 1. The maximum Gasteiger partial charge on any atom is 0.434 e. The number of hydrogen-bond acceptors (Lipinski definition) is 6. The zero-order chi connectivity index (χ0) is 24.8. The summed E-state index contributed by atoms with van der Waals surface area (Å²) < 4.78 is 5.73. The van der Waals surface area contributed by atoms with Crippen molar-refractivity contribution in [1.29, 1.82) is 0 Å². The van der Waals surface area contributed by atoms with Crippen LogP contribution < -0.4 is 15.8 Å². The molecule has 0 radical (unpaired) electrons. The van der Waals surface area contributed by atoms with Crippen LogP contribution >= 0.6 is 11.6 Å². The Kier molecular flexibility index (Phi) is 8.19. The van der Waals surface area contributed by atoms with Crippen molar-refractivity contribution < 1.29 is 24.3 Å². The van der Waals surface area contributed by atoms with Crippen LogP contribution in [0.1, 0.15) is 30.5 Å². The molecular formula is C23H30ClN5O6. The van der Waals surface area contributed by atoms with E-state index in [1.165, 1.54) is 10.5 Å². The van der Waals surface area contributed by atoms with Crippen LogP contribution in [-0.2, 0) is 17.7 Å². The average molecular weight is 508 g/mol. The maximum atomic E-state index is 12.6. The van der Waals surface area contributed by atoms with Crippen molar-refractivity contribution in [3.05, 3.63) is 51.0 Å². The second kappa shape index (κ2) is 11.5. The molecule has 1 aromatic carbocycles. The van der Waals surface area contributed by atoms with Gasteiger partial charge in [0.2, 0.25) is 0 Å². The van der Waals surface area contributed by atoms with Gasteiger partial charge in [0.1, 0.15) is 5.69 Å². The van der Waals surface area contributed by atoms with Crippen molar-refractivity contribution in [1.82, 2.24) is 24.8 Å². The van der Waals surface area contributed by atoms with Gasteiger partial charge in [-0.3, -0.25) is 0 Å². The number of halogens is 1. The van der Waals surface area contributed by atoms with Gasteiger partial charge in [0.15, 0.2) is 0 Å². The number of rotatable bonds is 6. The highest BCUT2D eigenvalue weighted by atomic mass is 35.5. The zero-order valence-electron chi connectivity index (χ0n) is 19.4. The summed E-state index contributed by atoms with van der Waals surface area (Å²) in [6.45, 7) is 2.73. The van der Waals surface area contributed by atoms with Gasteiger partial charge in [-0.1, -0.05) is 28.5 Å². The summed E-state index contributed by atoms with van der Waals surface area (Å²) in [6.07, 6.45) is 2.91. The van der Waals surface area contributed by atoms with E-state index in [1.54, 1.807) is 4.90 Å². The smallest absolute Gasteiger partial charge is 0.434 e. The third-order valence-corrected chi connectivity index (χ3v) is 6.67. The summed E-state index contributed by atoms with van der Waals surface area (Å²) in [5.74, 6) is -0.0664. The molecule has 0 atom stereocenters. The number of aryl methyl sites for hydroxylation is 1. The molecule has 0 bridgehead atoms. The third kappa shape index (κ3) is 6.49. The number of carbonyl (C=O) groups excluding carboxylic acids is 2. The van der Waals surface area contributed by atoms with E-state index in [0.29, 0.717) is 50.0 Å². The van der Waals surface area contributed by atoms with Crippen LogP contribution in [0.4, 0.5) is 9.59 Å². The minimum Gasteiger partial charge on any atom is -0.491 e. The van der Waals surface area contributed by atoms with E-state index in [1.807, 2.05) is 24.3 Å². The van der Waals surface area contributed by atoms with Crippen molar-refractivity contribution in [2.75, 3.05) is 39.4 Å². The highest BCUT2D eigenvalue weighted by molar-refractivity contribution is 6.30. The zero-order valence-corrected chi connectivity index (χ0v) is 20.1. The molecule has 4 rings (SSSR count). The third-order valence-electron chi connectivity index (χ3n) is 6.42. The summed E-state index contributed by atoms with van der Waals surface area (Å²) >= 11 is 5.93. The Bertz CT molecular complexity index is 1070. The van der Waals surface area contributed by atoms with Gasteiger partial charge in [0.05, 0.1) is 19.8 Å². The summed E-state index contributed by atoms with van der Waals surface area (Å²) in [5.41, 5.74) is 0.477. The minimum atomic E-state index is -0.802. The Labute approximate surface area is 207 Å². The number of urea groups is 1. The molecule has 2 aliphatic heterocycles. The minimum absolute atomic E-state index is 0.0466. The number of hydrogen-bond donors (Lipinski definition) is 3. The number of nitrogens with zero attached hydrogens (tertiary/aromatic N) is 3. The van der Waals surface area contributed by atoms with Gasteiger partial charge in [0.25, 0.3) is 5.88 Å². The van der Waals surface area contributed by atoms with Crippen molar-refractivity contribution >= 4 is 23.7 Å². The van der Waals surface area contributed by atoms with Crippen molar-refractivity contribution in [3.63, 3.8) is 0 Å². The number of aromatic amines is 1. The van der Waals surface area contributed by atoms with Gasteiger partial charge < -0.3 is 34.8 Å². The summed E-state index contributed by atoms with van der Waals surface area (Å²) in [4.78, 5) is 47.7. The Balaban J connectivity index is 1.24. The molecule has 2 saturated heterocycles. The van der Waals surface area contributed by atoms with Crippen LogP contribution in [0.5, 0.6) is 5.88 Å². The lowest BCUT2D eigenvalue weighted by Crippen LogP contribution is -2.45. The standard InChI is InChI=1S/C23H30ClN5O6/c24-18-5-3-16(4-6-18)1-2-17-7-9-28(10-8-17)23(33)35-29-20(30)19(26-22(29)32)15-25-21(31)27-11-13-34-14-12-27/h3-6,17,30H,1-2,7-15H2,(H,25,31)(H,26,32). The molecule has 2 aromatic rings. The number of benzene rings is 1. The predicted molar refractivity (Wildman–Crippen MR) is 127 cm³/mol. The lowest BCUT2D eigenvalue weighted by Gasteiger charge is -2.31. The highest BCUT2D eigenvalue weighted by Gasteiger charge is 2.26. The Hall–Kier alpha value is -3.18. The first-order chi connectivity index (χ1) is 16.9. The molecule has 12 heteroatoms. The van der Waals surface area contributed by atoms with Gasteiger partial charge >= 0.3 is 17.8 Å². The number of aromatic nitrogens is 2. The average Bonchev–Trinajstić information content (AvgIpc) is 3.15. The second-order valence-electron chi connectivity index (χ2n) is 8.74. The van der Waals surface area contributed by atoms with E-state index in [2.05, 4.69) is 10.3 Å². The number of likely N-dealkylation sites (tertiary alicyclic amines) is 1. The predicted octanol–water partition coefficient (Wildman–Crippen LogP) is 1.97. The largest absolute Gasteiger partial charge is 0.491 e. The molecule has 2 aliphatic rings. The first kappa shape index (κ1) is 24.9. The molecule has 0 unspecified atom stereocenters. The molecule has 2 fully saturated rings. The first-order valence-electron chi connectivity index (χ1n) is 11.8. The SMILES string of the molecule is O=C(NCc1[nH]c(=O)n(OC(=O)N2CCC(CCc3ccc(Cl)cc3)CC2)c1O)N1CCOCC1. The molecule has 3 N–H and O–H groups in total. The quantitative estimate of drug-likeness (QED) is 0.548. The molecule has 0 spiro atoms. The fourth-order valence-electron chi connectivity index (χ4n) is 4.27. The van der Waals surface area contributed by atoms with E-state index >= 15 is 0 Å². The van der Waals surface area contributed by atoms with Gasteiger partial charge in [-0.2, -0.15) is 0 Å². The van der Waals surface area contributed by atoms with E-state index in [0.717, 1.165) is 30.7 Å². The number of carbonyl (C=O) groups is 2. The van der Waals surface area contributed by atoms with Gasteiger partial charge in [-0.15, -0.1) is 0 Å². The normalized spacial score (nSPS) is 16.8. The van der Waals surface area contributed by atoms with Gasteiger partial charge in [0, 0.05) is 31.2 Å². The number of aromatic hydroxyl groups is 1. The Morgan fingerprint density at radius 2 is 1.80 bits per heavy atom. The summed E-state index contributed by atoms with van der Waals surface area (Å²) in [6, 6.07) is 7.49. The molecule has 11 nitrogen and oxygen atoms in total. The maximum absolute atomic E-state index is 12.6. The molecular weight excluding hydrogens is 478 g/mol. The number of nitrogens with one attached hydrogen (secondary N) is 2. The molecule has 3 amide bonds. The number of ether oxygens (including phenoxy) is 1. The Morgan fingerprint density at radius 3 is 2.49 bits per heavy atom. The fraction of sp³-hybridized carbons (Fsp3) is 0.522. The molecule has 0 aliphatic carbocycles. The van der Waals surface area contributed by atoms with Crippen LogP contribution in [-0.4, -0.2) is 76.1 Å². The Morgan fingerprint density at radius 1 is 1.11 bits per heavy atom. The van der Waals surface area contributed by atoms with Crippen molar-refractivity contribution in [2.24, 2.45) is 5.92 Å². The monoisotopic (exact) mass is 507 g/mol. The second-order valence-corrected chi connectivity index (χ2v) is 9.17. The molecule has 1 aromatic heterocycles. The lowest BCUT2D eigenvalue weighted by atomic mass is 9.91. The summed E-state index contributed by atoms with van der Waals surface area (Å²) in [5, 5.41) is 13.7. The van der Waals surface area contributed by atoms with Crippen LogP contribution in [0.15, 0.2) is 29.1 Å². The molecule has 3 heterocycles. The highest BCUT2D eigenvalue weighted by Crippen LogP contribution is 2.23. The van der Waals surface area contributed by atoms with E-state index in [9.17, 15) is 19.5 Å². The molecule has 190 valence electrons. The van der Waals surface area contributed by atoms with Gasteiger partial charge in [-0.25, -0.2) is 14.4 Å². The van der Waals surface area contributed by atoms with Crippen LogP contribution in [0.25, 0.3) is 0 Å². The number of H-pyrrole nitrogens is 1. The fourth-order valence-corrected chi connectivity index (χ4v) is 4.39. The van der Waals surface area contributed by atoms with Crippen molar-refractivity contribution in [2.45, 2.75) is 32.2 Å². The topological polar surface area (TPSA) is 129 Å². The van der Waals surface area contributed by atoms with Crippen molar-refractivity contribution in [3.8, 4) is 5.88 Å². The summed E-state index contributed by atoms with van der Waals surface area (Å²) in [7, 11) is 0. The first-order valence-corrected chi connectivity index (χ1v) is 12.1. The number of imidazole rings is 1. The number of amides is 3. The molecule has 0 saturated carbocycles. The van der Waals surface area contributed by atoms with Gasteiger partial charge in [-0.05, 0) is 49.3 Å². The number of piperidine rings is 1. The van der Waals surface area contributed by atoms with E-state index in [4.69, 9.17) is 21.2 Å². The lowest BCUT2D eigenvalue weighted by molar-refractivity contribution is 0.0530. The van der Waals surface area contributed by atoms with E-state index in [-0.39, 0.29) is 18.3 Å². The van der Waals surface area contributed by atoms with E-state index < -0.39 is 17.7 Å². The van der Waals surface area contributed by atoms with Crippen LogP contribution in [0, 0.1) is 5.92 Å². The van der Waals surface area contributed by atoms with Crippen LogP contribution in [0.2, 0.25) is 5.02 Å². The van der Waals surface area contributed by atoms with Crippen LogP contribution in [0.3, 0.4) is 0 Å².